The molecule has 0 amide bonds. The highest BCUT2D eigenvalue weighted by Gasteiger charge is 2.31. The van der Waals surface area contributed by atoms with Crippen molar-refractivity contribution in [2.24, 2.45) is 0 Å². The molecule has 1 heterocycles. The molecule has 6 aromatic carbocycles. The lowest BCUT2D eigenvalue weighted by Gasteiger charge is -2.30. The third kappa shape index (κ3) is 3.21. The maximum atomic E-state index is 10.0. The molecule has 0 saturated carbocycles. The van der Waals surface area contributed by atoms with Gasteiger partial charge in [-0.3, -0.25) is 0 Å². The largest absolute Gasteiger partial charge is 0.508 e. The highest BCUT2D eigenvalue weighted by atomic mass is 16.5. The number of rotatable bonds is 2. The minimum Gasteiger partial charge on any atom is -0.508 e. The summed E-state index contributed by atoms with van der Waals surface area (Å²) in [6, 6.07) is 38.2. The molecule has 7 rings (SSSR count). The van der Waals surface area contributed by atoms with Crippen LogP contribution in [0.4, 0.5) is 0 Å². The van der Waals surface area contributed by atoms with Crippen molar-refractivity contribution < 1.29 is 14.9 Å². The molecule has 0 aromatic heterocycles. The minimum atomic E-state index is -0.0232. The monoisotopic (exact) mass is 466 g/mol. The summed E-state index contributed by atoms with van der Waals surface area (Å²) in [5, 5.41) is 23.9. The zero-order valence-corrected chi connectivity index (χ0v) is 19.3. The van der Waals surface area contributed by atoms with Crippen LogP contribution >= 0.6 is 0 Å². The molecule has 1 aliphatic heterocycles. The van der Waals surface area contributed by atoms with Crippen LogP contribution < -0.4 is 4.74 Å². The van der Waals surface area contributed by atoms with Gasteiger partial charge in [0.1, 0.15) is 23.0 Å². The first-order valence-corrected chi connectivity index (χ1v) is 12.0. The third-order valence-electron chi connectivity index (χ3n) is 7.15. The lowest BCUT2D eigenvalue weighted by atomic mass is 9.80. The van der Waals surface area contributed by atoms with Crippen molar-refractivity contribution in [2.75, 3.05) is 0 Å². The van der Waals surface area contributed by atoms with Gasteiger partial charge in [0.15, 0.2) is 0 Å². The van der Waals surface area contributed by atoms with Crippen LogP contribution in [0.3, 0.4) is 0 Å². The molecule has 0 fully saturated rings. The van der Waals surface area contributed by atoms with Crippen LogP contribution in [0.25, 0.3) is 32.7 Å². The van der Waals surface area contributed by atoms with Gasteiger partial charge in [-0.05, 0) is 63.9 Å². The first-order chi connectivity index (χ1) is 17.7. The lowest BCUT2D eigenvalue weighted by molar-refractivity contribution is 0.463. The maximum Gasteiger partial charge on any atom is 0.139 e. The number of benzene rings is 6. The second-order valence-corrected chi connectivity index (χ2v) is 9.30. The SMILES string of the molecule is Oc1ccc2c3c(ccc2c1)C(c1ccc(-c2ccccc2)cc1)c1ccc2cc(O)ccc2c1O3. The Hall–Kier alpha value is -4.76. The van der Waals surface area contributed by atoms with E-state index in [1.165, 1.54) is 16.7 Å². The summed E-state index contributed by atoms with van der Waals surface area (Å²) in [5.41, 5.74) is 5.72. The summed E-state index contributed by atoms with van der Waals surface area (Å²) < 4.78 is 6.67. The standard InChI is InChI=1S/C33H22O3/c34-25-12-16-27-23(18-25)10-14-29-31(22-8-6-21(7-9-22)20-4-2-1-3-5-20)30-15-11-24-19-26(35)13-17-28(24)33(30)36-32(27)29/h1-19,31,34-35H. The van der Waals surface area contributed by atoms with Gasteiger partial charge in [0.25, 0.3) is 0 Å². The Morgan fingerprint density at radius 1 is 0.500 bits per heavy atom. The summed E-state index contributed by atoms with van der Waals surface area (Å²) in [7, 11) is 0. The Morgan fingerprint density at radius 3 is 1.58 bits per heavy atom. The van der Waals surface area contributed by atoms with E-state index >= 15 is 0 Å². The molecule has 0 aliphatic carbocycles. The van der Waals surface area contributed by atoms with Crippen LogP contribution in [0.2, 0.25) is 0 Å². The van der Waals surface area contributed by atoms with Gasteiger partial charge in [0.05, 0.1) is 0 Å². The number of fused-ring (bicyclic) bond motifs is 6. The molecule has 0 atom stereocenters. The molecule has 172 valence electrons. The van der Waals surface area contributed by atoms with E-state index in [-0.39, 0.29) is 17.4 Å². The highest BCUT2D eigenvalue weighted by Crippen LogP contribution is 2.52. The van der Waals surface area contributed by atoms with Crippen LogP contribution in [-0.2, 0) is 0 Å². The van der Waals surface area contributed by atoms with E-state index in [1.54, 1.807) is 24.3 Å². The summed E-state index contributed by atoms with van der Waals surface area (Å²) in [4.78, 5) is 0. The molecule has 0 unspecified atom stereocenters. The van der Waals surface area contributed by atoms with E-state index in [1.807, 2.05) is 30.3 Å². The van der Waals surface area contributed by atoms with Crippen molar-refractivity contribution in [3.8, 4) is 34.1 Å². The zero-order valence-electron chi connectivity index (χ0n) is 19.3. The lowest BCUT2D eigenvalue weighted by Crippen LogP contribution is -2.12. The van der Waals surface area contributed by atoms with Crippen molar-refractivity contribution in [2.45, 2.75) is 5.92 Å². The molecule has 3 nitrogen and oxygen atoms in total. The molecule has 2 N–H and O–H groups in total. The Morgan fingerprint density at radius 2 is 1.03 bits per heavy atom. The average molecular weight is 467 g/mol. The first kappa shape index (κ1) is 20.6. The molecular weight excluding hydrogens is 444 g/mol. The zero-order chi connectivity index (χ0) is 24.2. The third-order valence-corrected chi connectivity index (χ3v) is 7.15. The van der Waals surface area contributed by atoms with E-state index in [2.05, 4.69) is 60.7 Å². The molecule has 6 aromatic rings. The Kier molecular flexibility index (Phi) is 4.52. The van der Waals surface area contributed by atoms with Crippen molar-refractivity contribution >= 4 is 21.5 Å². The number of phenols is 2. The second-order valence-electron chi connectivity index (χ2n) is 9.30. The fourth-order valence-electron chi connectivity index (χ4n) is 5.42. The predicted octanol–water partition coefficient (Wildman–Crippen LogP) is 8.36. The minimum absolute atomic E-state index is 0.0232. The van der Waals surface area contributed by atoms with Gasteiger partial charge in [-0.2, -0.15) is 0 Å². The second kappa shape index (κ2) is 7.89. The topological polar surface area (TPSA) is 49.7 Å². The fraction of sp³-hybridized carbons (Fsp3) is 0.0303. The summed E-state index contributed by atoms with van der Waals surface area (Å²) in [6.45, 7) is 0. The van der Waals surface area contributed by atoms with Crippen LogP contribution in [0.1, 0.15) is 22.6 Å². The average Bonchev–Trinajstić information content (AvgIpc) is 2.92. The van der Waals surface area contributed by atoms with Gasteiger partial charge in [-0.15, -0.1) is 0 Å². The van der Waals surface area contributed by atoms with Crippen molar-refractivity contribution in [1.82, 2.24) is 0 Å². The van der Waals surface area contributed by atoms with E-state index in [4.69, 9.17) is 4.74 Å². The Bertz CT molecular complexity index is 1680. The molecule has 0 saturated heterocycles. The van der Waals surface area contributed by atoms with Gasteiger partial charge in [0, 0.05) is 27.8 Å². The number of hydrogen-bond acceptors (Lipinski definition) is 3. The number of hydrogen-bond donors (Lipinski definition) is 2. The van der Waals surface area contributed by atoms with Gasteiger partial charge in [0.2, 0.25) is 0 Å². The van der Waals surface area contributed by atoms with E-state index in [0.717, 1.165) is 44.2 Å². The van der Waals surface area contributed by atoms with Gasteiger partial charge < -0.3 is 14.9 Å². The van der Waals surface area contributed by atoms with Crippen LogP contribution in [-0.4, -0.2) is 10.2 Å². The predicted molar refractivity (Wildman–Crippen MR) is 144 cm³/mol. The Balaban J connectivity index is 1.47. The molecule has 0 bridgehead atoms. The summed E-state index contributed by atoms with van der Waals surface area (Å²) >= 11 is 0. The van der Waals surface area contributed by atoms with E-state index < -0.39 is 0 Å². The molecule has 0 radical (unpaired) electrons. The molecule has 1 aliphatic rings. The number of ether oxygens (including phenoxy) is 1. The fourth-order valence-corrected chi connectivity index (χ4v) is 5.42. The van der Waals surface area contributed by atoms with Crippen LogP contribution in [0, 0.1) is 0 Å². The molecule has 3 heteroatoms. The van der Waals surface area contributed by atoms with Crippen LogP contribution in [0.15, 0.2) is 115 Å². The Labute approximate surface area is 208 Å². The summed E-state index contributed by atoms with van der Waals surface area (Å²) in [5.74, 6) is 2.04. The van der Waals surface area contributed by atoms with E-state index in [9.17, 15) is 10.2 Å². The number of phenolic OH excluding ortho intramolecular Hbond substituents is 2. The van der Waals surface area contributed by atoms with Crippen molar-refractivity contribution in [1.29, 1.82) is 0 Å². The number of aromatic hydroxyl groups is 2. The highest BCUT2D eigenvalue weighted by molar-refractivity contribution is 5.96. The van der Waals surface area contributed by atoms with Crippen molar-refractivity contribution in [3.63, 3.8) is 0 Å². The van der Waals surface area contributed by atoms with Gasteiger partial charge in [-0.1, -0.05) is 78.9 Å². The normalized spacial score (nSPS) is 12.8. The van der Waals surface area contributed by atoms with Gasteiger partial charge in [-0.25, -0.2) is 0 Å². The first-order valence-electron chi connectivity index (χ1n) is 12.0. The molecular formula is C33H22O3. The molecule has 36 heavy (non-hydrogen) atoms. The van der Waals surface area contributed by atoms with Crippen LogP contribution in [0.5, 0.6) is 23.0 Å². The van der Waals surface area contributed by atoms with E-state index in [0.29, 0.717) is 0 Å². The molecule has 0 spiro atoms. The smallest absolute Gasteiger partial charge is 0.139 e. The van der Waals surface area contributed by atoms with Gasteiger partial charge >= 0.3 is 0 Å². The maximum absolute atomic E-state index is 10.0. The van der Waals surface area contributed by atoms with Crippen molar-refractivity contribution in [3.05, 3.63) is 132 Å². The quantitative estimate of drug-likeness (QED) is 0.269. The summed E-state index contributed by atoms with van der Waals surface area (Å²) in [6.07, 6.45) is 0.